The number of aliphatic hydroxyl groups excluding tert-OH is 1. The largest absolute Gasteiger partial charge is 0.506 e. The molecule has 0 spiro atoms. The Kier molecular flexibility index (Phi) is 4.56. The van der Waals surface area contributed by atoms with Gasteiger partial charge < -0.3 is 15.5 Å². The number of nitrogens with one attached hydrogen (secondary N) is 1. The molecule has 2 rings (SSSR count). The van der Waals surface area contributed by atoms with Gasteiger partial charge in [-0.2, -0.15) is 13.2 Å². The molecule has 2 aromatic rings. The van der Waals surface area contributed by atoms with Gasteiger partial charge in [0, 0.05) is 29.6 Å². The third-order valence-corrected chi connectivity index (χ3v) is 3.26. The van der Waals surface area contributed by atoms with Crippen LogP contribution in [0.2, 0.25) is 0 Å². The number of nitrogens with zero attached hydrogens (tertiary/aromatic N) is 1. The Hall–Kier alpha value is -2.28. The highest BCUT2D eigenvalue weighted by Crippen LogP contribution is 2.31. The molecule has 1 aromatic carbocycles. The number of aromatic hydroxyl groups is 1. The van der Waals surface area contributed by atoms with Gasteiger partial charge in [-0.05, 0) is 25.1 Å². The van der Waals surface area contributed by atoms with Crippen LogP contribution in [0.1, 0.15) is 22.4 Å². The van der Waals surface area contributed by atoms with Gasteiger partial charge in [0.15, 0.2) is 0 Å². The van der Waals surface area contributed by atoms with Crippen molar-refractivity contribution in [3.63, 3.8) is 0 Å². The highest BCUT2D eigenvalue weighted by Gasteiger charge is 2.30. The van der Waals surface area contributed by atoms with Crippen LogP contribution in [-0.4, -0.2) is 15.2 Å². The zero-order valence-corrected chi connectivity index (χ0v) is 11.8. The summed E-state index contributed by atoms with van der Waals surface area (Å²) in [6, 6.07) is 4.77. The lowest BCUT2D eigenvalue weighted by molar-refractivity contribution is -0.137. The van der Waals surface area contributed by atoms with E-state index in [2.05, 4.69) is 10.3 Å². The number of hydrogen-bond acceptors (Lipinski definition) is 4. The maximum absolute atomic E-state index is 12.7. The van der Waals surface area contributed by atoms with Crippen LogP contribution in [0.25, 0.3) is 0 Å². The van der Waals surface area contributed by atoms with Crippen molar-refractivity contribution < 1.29 is 23.4 Å². The van der Waals surface area contributed by atoms with E-state index < -0.39 is 11.7 Å². The minimum Gasteiger partial charge on any atom is -0.506 e. The molecule has 0 unspecified atom stereocenters. The molecule has 118 valence electrons. The Labute approximate surface area is 125 Å². The van der Waals surface area contributed by atoms with E-state index in [9.17, 15) is 23.4 Å². The number of anilines is 1. The molecule has 1 heterocycles. The topological polar surface area (TPSA) is 65.4 Å². The van der Waals surface area contributed by atoms with E-state index >= 15 is 0 Å². The predicted molar refractivity (Wildman–Crippen MR) is 75.3 cm³/mol. The van der Waals surface area contributed by atoms with Gasteiger partial charge in [0.05, 0.1) is 17.9 Å². The average molecular weight is 312 g/mol. The van der Waals surface area contributed by atoms with Crippen molar-refractivity contribution in [1.29, 1.82) is 0 Å². The molecule has 0 saturated carbocycles. The highest BCUT2D eigenvalue weighted by molar-refractivity contribution is 5.49. The lowest BCUT2D eigenvalue weighted by Gasteiger charge is -2.14. The van der Waals surface area contributed by atoms with Gasteiger partial charge in [-0.3, -0.25) is 4.98 Å². The van der Waals surface area contributed by atoms with Crippen LogP contribution >= 0.6 is 0 Å². The molecule has 0 radical (unpaired) electrons. The molecule has 7 heteroatoms. The standard InChI is InChI=1S/C15H15F3N2O2/c1-9-14(22)13(10(8-21)6-19-9)7-20-12-4-2-3-11(5-12)15(16,17)18/h2-6,20-22H,7-8H2,1H3. The van der Waals surface area contributed by atoms with E-state index in [0.717, 1.165) is 12.1 Å². The lowest BCUT2D eigenvalue weighted by Crippen LogP contribution is -2.08. The second kappa shape index (κ2) is 6.23. The van der Waals surface area contributed by atoms with Crippen LogP contribution in [0.4, 0.5) is 18.9 Å². The Morgan fingerprint density at radius 3 is 2.64 bits per heavy atom. The summed E-state index contributed by atoms with van der Waals surface area (Å²) < 4.78 is 38.0. The molecule has 4 nitrogen and oxygen atoms in total. The summed E-state index contributed by atoms with van der Waals surface area (Å²) in [6.45, 7) is 1.36. The second-order valence-corrected chi connectivity index (χ2v) is 4.79. The third-order valence-electron chi connectivity index (χ3n) is 3.26. The summed E-state index contributed by atoms with van der Waals surface area (Å²) in [6.07, 6.45) is -2.98. The first-order valence-electron chi connectivity index (χ1n) is 6.51. The van der Waals surface area contributed by atoms with Crippen LogP contribution in [0, 0.1) is 6.92 Å². The van der Waals surface area contributed by atoms with Crippen LogP contribution in [0.3, 0.4) is 0 Å². The van der Waals surface area contributed by atoms with Gasteiger partial charge in [0.25, 0.3) is 0 Å². The first kappa shape index (κ1) is 16.1. The first-order chi connectivity index (χ1) is 10.3. The number of hydrogen-bond donors (Lipinski definition) is 3. The van der Waals surface area contributed by atoms with Crippen molar-refractivity contribution in [3.05, 3.63) is 52.8 Å². The average Bonchev–Trinajstić information content (AvgIpc) is 2.48. The van der Waals surface area contributed by atoms with Crippen LogP contribution in [0.15, 0.2) is 30.5 Å². The molecular formula is C15H15F3N2O2. The summed E-state index contributed by atoms with van der Waals surface area (Å²) >= 11 is 0. The first-order valence-corrected chi connectivity index (χ1v) is 6.51. The molecule has 0 aliphatic rings. The summed E-state index contributed by atoms with van der Waals surface area (Å²) in [5.74, 6) is -0.0778. The maximum Gasteiger partial charge on any atom is 0.416 e. The van der Waals surface area contributed by atoms with Gasteiger partial charge in [0.2, 0.25) is 0 Å². The van der Waals surface area contributed by atoms with Crippen LogP contribution in [-0.2, 0) is 19.3 Å². The van der Waals surface area contributed by atoms with Gasteiger partial charge in [0.1, 0.15) is 5.75 Å². The van der Waals surface area contributed by atoms with E-state index in [4.69, 9.17) is 0 Å². The van der Waals surface area contributed by atoms with Crippen LogP contribution < -0.4 is 5.32 Å². The number of aliphatic hydroxyl groups is 1. The molecule has 1 aromatic heterocycles. The van der Waals surface area contributed by atoms with Gasteiger partial charge in [-0.15, -0.1) is 0 Å². The van der Waals surface area contributed by atoms with Crippen molar-refractivity contribution in [1.82, 2.24) is 4.98 Å². The summed E-state index contributed by atoms with van der Waals surface area (Å²) in [5.41, 5.74) is 0.732. The molecule has 22 heavy (non-hydrogen) atoms. The zero-order chi connectivity index (χ0) is 16.3. The molecule has 0 amide bonds. The smallest absolute Gasteiger partial charge is 0.416 e. The fourth-order valence-electron chi connectivity index (χ4n) is 2.01. The van der Waals surface area contributed by atoms with E-state index in [1.54, 1.807) is 6.92 Å². The van der Waals surface area contributed by atoms with Crippen molar-refractivity contribution in [2.75, 3.05) is 5.32 Å². The summed E-state index contributed by atoms with van der Waals surface area (Å²) in [4.78, 5) is 3.93. The molecule has 0 atom stereocenters. The second-order valence-electron chi connectivity index (χ2n) is 4.79. The lowest BCUT2D eigenvalue weighted by atomic mass is 10.1. The van der Waals surface area contributed by atoms with E-state index in [0.29, 0.717) is 16.8 Å². The molecule has 0 aliphatic carbocycles. The molecule has 0 saturated heterocycles. The number of aryl methyl sites for hydroxylation is 1. The number of halogens is 3. The fraction of sp³-hybridized carbons (Fsp3) is 0.267. The molecule has 3 N–H and O–H groups in total. The monoisotopic (exact) mass is 312 g/mol. The minimum atomic E-state index is -4.41. The molecule has 0 bridgehead atoms. The Bertz CT molecular complexity index is 672. The van der Waals surface area contributed by atoms with Gasteiger partial charge in [-0.1, -0.05) is 6.07 Å². The Morgan fingerprint density at radius 2 is 2.00 bits per heavy atom. The fourth-order valence-corrected chi connectivity index (χ4v) is 2.01. The minimum absolute atomic E-state index is 0.0758. The summed E-state index contributed by atoms with van der Waals surface area (Å²) in [7, 11) is 0. The number of pyridine rings is 1. The molecular weight excluding hydrogens is 297 g/mol. The van der Waals surface area contributed by atoms with Crippen molar-refractivity contribution in [3.8, 4) is 5.75 Å². The van der Waals surface area contributed by atoms with Crippen LogP contribution in [0.5, 0.6) is 5.75 Å². The predicted octanol–water partition coefficient (Wildman–Crippen LogP) is 3.22. The van der Waals surface area contributed by atoms with Gasteiger partial charge >= 0.3 is 6.18 Å². The Balaban J connectivity index is 2.22. The molecule has 0 aliphatic heterocycles. The maximum atomic E-state index is 12.7. The number of benzene rings is 1. The van der Waals surface area contributed by atoms with E-state index in [1.165, 1.54) is 18.3 Å². The quantitative estimate of drug-likeness (QED) is 0.811. The Morgan fingerprint density at radius 1 is 1.27 bits per heavy atom. The van der Waals surface area contributed by atoms with Crippen molar-refractivity contribution >= 4 is 5.69 Å². The highest BCUT2D eigenvalue weighted by atomic mass is 19.4. The molecule has 0 fully saturated rings. The zero-order valence-electron chi connectivity index (χ0n) is 11.8. The number of alkyl halides is 3. The summed E-state index contributed by atoms with van der Waals surface area (Å²) in [5, 5.41) is 22.0. The van der Waals surface area contributed by atoms with E-state index in [1.807, 2.05) is 0 Å². The van der Waals surface area contributed by atoms with E-state index in [-0.39, 0.29) is 24.6 Å². The third kappa shape index (κ3) is 3.48. The number of aromatic nitrogens is 1. The van der Waals surface area contributed by atoms with Crippen molar-refractivity contribution in [2.45, 2.75) is 26.3 Å². The van der Waals surface area contributed by atoms with Gasteiger partial charge in [-0.25, -0.2) is 0 Å². The SMILES string of the molecule is Cc1ncc(CO)c(CNc2cccc(C(F)(F)F)c2)c1O. The number of rotatable bonds is 4. The normalized spacial score (nSPS) is 11.5. The van der Waals surface area contributed by atoms with Crippen molar-refractivity contribution in [2.24, 2.45) is 0 Å².